The van der Waals surface area contributed by atoms with E-state index in [1.807, 2.05) is 24.0 Å². The Hall–Kier alpha value is -1.32. The van der Waals surface area contributed by atoms with Crippen molar-refractivity contribution in [3.63, 3.8) is 0 Å². The Morgan fingerprint density at radius 3 is 2.94 bits per heavy atom. The van der Waals surface area contributed by atoms with Crippen LogP contribution in [0, 0.1) is 5.92 Å². The third-order valence-electron chi connectivity index (χ3n) is 3.36. The van der Waals surface area contributed by atoms with Gasteiger partial charge >= 0.3 is 0 Å². The fourth-order valence-electron chi connectivity index (χ4n) is 2.30. The van der Waals surface area contributed by atoms with Crippen molar-refractivity contribution in [1.29, 1.82) is 0 Å². The zero-order valence-electron chi connectivity index (χ0n) is 9.89. The summed E-state index contributed by atoms with van der Waals surface area (Å²) in [7, 11) is 1.96. The summed E-state index contributed by atoms with van der Waals surface area (Å²) in [5, 5.41) is 4.13. The number of aryl methyl sites for hydroxylation is 1. The van der Waals surface area contributed by atoms with Crippen molar-refractivity contribution in [2.75, 3.05) is 6.54 Å². The second-order valence-electron chi connectivity index (χ2n) is 4.48. The van der Waals surface area contributed by atoms with Crippen molar-refractivity contribution < 1.29 is 0 Å². The lowest BCUT2D eigenvalue weighted by Gasteiger charge is -2.07. The minimum Gasteiger partial charge on any atom is -0.387 e. The highest BCUT2D eigenvalue weighted by molar-refractivity contribution is 5.83. The summed E-state index contributed by atoms with van der Waals surface area (Å²) in [5.41, 5.74) is 7.20. The van der Waals surface area contributed by atoms with E-state index in [9.17, 15) is 0 Å². The number of aliphatic imine (C=N–C) groups is 1. The molecule has 1 aliphatic rings. The van der Waals surface area contributed by atoms with Gasteiger partial charge in [0, 0.05) is 37.8 Å². The van der Waals surface area contributed by atoms with E-state index in [4.69, 9.17) is 5.73 Å². The molecule has 1 aliphatic carbocycles. The van der Waals surface area contributed by atoms with Gasteiger partial charge in [-0.3, -0.25) is 9.67 Å². The molecule has 1 fully saturated rings. The topological polar surface area (TPSA) is 56.2 Å². The van der Waals surface area contributed by atoms with Crippen LogP contribution in [0.2, 0.25) is 0 Å². The predicted octanol–water partition coefficient (Wildman–Crippen LogP) is 1.51. The van der Waals surface area contributed by atoms with Crippen LogP contribution in [-0.2, 0) is 13.5 Å². The van der Waals surface area contributed by atoms with Crippen LogP contribution in [0.1, 0.15) is 31.4 Å². The van der Waals surface area contributed by atoms with E-state index < -0.39 is 0 Å². The van der Waals surface area contributed by atoms with Crippen molar-refractivity contribution in [2.24, 2.45) is 23.7 Å². The van der Waals surface area contributed by atoms with Gasteiger partial charge in [-0.2, -0.15) is 5.10 Å². The van der Waals surface area contributed by atoms with Gasteiger partial charge in [0.05, 0.1) is 5.84 Å². The highest BCUT2D eigenvalue weighted by Gasteiger charge is 2.18. The van der Waals surface area contributed by atoms with Gasteiger partial charge in [0.1, 0.15) is 0 Å². The summed E-state index contributed by atoms with van der Waals surface area (Å²) in [6, 6.07) is 2.03. The van der Waals surface area contributed by atoms with Crippen LogP contribution in [0.4, 0.5) is 0 Å². The third-order valence-corrected chi connectivity index (χ3v) is 3.36. The first-order chi connectivity index (χ1) is 7.77. The zero-order valence-corrected chi connectivity index (χ0v) is 9.89. The molecule has 0 bridgehead atoms. The van der Waals surface area contributed by atoms with Crippen molar-refractivity contribution >= 4 is 5.84 Å². The van der Waals surface area contributed by atoms with Gasteiger partial charge in [-0.05, 0) is 18.9 Å². The highest BCUT2D eigenvalue weighted by Crippen LogP contribution is 2.24. The molecule has 1 saturated carbocycles. The van der Waals surface area contributed by atoms with Gasteiger partial charge in [0.25, 0.3) is 0 Å². The Morgan fingerprint density at radius 2 is 2.31 bits per heavy atom. The Balaban J connectivity index is 1.82. The van der Waals surface area contributed by atoms with Crippen LogP contribution >= 0.6 is 0 Å². The first-order valence-electron chi connectivity index (χ1n) is 6.04. The molecule has 0 aromatic carbocycles. The zero-order chi connectivity index (χ0) is 11.4. The molecule has 0 atom stereocenters. The fraction of sp³-hybridized carbons (Fsp3) is 0.667. The number of aromatic nitrogens is 2. The summed E-state index contributed by atoms with van der Waals surface area (Å²) in [4.78, 5) is 4.48. The first-order valence-corrected chi connectivity index (χ1v) is 6.04. The van der Waals surface area contributed by atoms with Crippen molar-refractivity contribution in [2.45, 2.75) is 32.1 Å². The van der Waals surface area contributed by atoms with E-state index in [1.54, 1.807) is 0 Å². The maximum Gasteiger partial charge on any atom is 0.0968 e. The molecular weight excluding hydrogens is 200 g/mol. The van der Waals surface area contributed by atoms with Crippen LogP contribution < -0.4 is 5.73 Å². The molecular formula is C12H20N4. The lowest BCUT2D eigenvalue weighted by Crippen LogP contribution is -2.22. The molecule has 1 aromatic heterocycles. The minimum absolute atomic E-state index is 0.548. The number of nitrogens with two attached hydrogens (primary N) is 1. The summed E-state index contributed by atoms with van der Waals surface area (Å²) in [5.74, 6) is 1.41. The summed E-state index contributed by atoms with van der Waals surface area (Å²) in [6.45, 7) is 0.780. The highest BCUT2D eigenvalue weighted by atomic mass is 15.3. The molecule has 0 unspecified atom stereocenters. The Bertz CT molecular complexity index is 361. The molecule has 4 heteroatoms. The monoisotopic (exact) mass is 220 g/mol. The Labute approximate surface area is 96.6 Å². The number of rotatable bonds is 4. The molecule has 1 heterocycles. The SMILES string of the molecule is Cn1nccc1CCN=C(N)C1CCCC1. The lowest BCUT2D eigenvalue weighted by atomic mass is 10.1. The van der Waals surface area contributed by atoms with E-state index >= 15 is 0 Å². The van der Waals surface area contributed by atoms with Crippen LogP contribution in [0.3, 0.4) is 0 Å². The number of amidine groups is 1. The van der Waals surface area contributed by atoms with Crippen molar-refractivity contribution in [1.82, 2.24) is 9.78 Å². The normalized spacial score (nSPS) is 18.2. The second-order valence-corrected chi connectivity index (χ2v) is 4.48. The van der Waals surface area contributed by atoms with Gasteiger partial charge in [0.2, 0.25) is 0 Å². The average Bonchev–Trinajstić information content (AvgIpc) is 2.90. The maximum absolute atomic E-state index is 5.98. The van der Waals surface area contributed by atoms with Gasteiger partial charge in [-0.1, -0.05) is 12.8 Å². The Morgan fingerprint density at radius 1 is 1.56 bits per heavy atom. The molecule has 0 amide bonds. The largest absolute Gasteiger partial charge is 0.387 e. The van der Waals surface area contributed by atoms with E-state index in [0.29, 0.717) is 5.92 Å². The molecule has 2 N–H and O–H groups in total. The quantitative estimate of drug-likeness (QED) is 0.617. The number of nitrogens with zero attached hydrogens (tertiary/aromatic N) is 3. The van der Waals surface area contributed by atoms with Crippen molar-refractivity contribution in [3.8, 4) is 0 Å². The smallest absolute Gasteiger partial charge is 0.0968 e. The molecule has 88 valence electrons. The average molecular weight is 220 g/mol. The van der Waals surface area contributed by atoms with E-state index in [1.165, 1.54) is 31.4 Å². The van der Waals surface area contributed by atoms with Crippen LogP contribution in [0.25, 0.3) is 0 Å². The van der Waals surface area contributed by atoms with Crippen LogP contribution in [-0.4, -0.2) is 22.2 Å². The van der Waals surface area contributed by atoms with E-state index in [-0.39, 0.29) is 0 Å². The van der Waals surface area contributed by atoms with E-state index in [2.05, 4.69) is 10.1 Å². The minimum atomic E-state index is 0.548. The maximum atomic E-state index is 5.98. The molecule has 0 radical (unpaired) electrons. The fourth-order valence-corrected chi connectivity index (χ4v) is 2.30. The summed E-state index contributed by atoms with van der Waals surface area (Å²) < 4.78 is 1.89. The molecule has 0 spiro atoms. The number of hydrogen-bond donors (Lipinski definition) is 1. The molecule has 2 rings (SSSR count). The molecule has 16 heavy (non-hydrogen) atoms. The van der Waals surface area contributed by atoms with Gasteiger partial charge in [-0.15, -0.1) is 0 Å². The van der Waals surface area contributed by atoms with Crippen LogP contribution in [0.5, 0.6) is 0 Å². The van der Waals surface area contributed by atoms with E-state index in [0.717, 1.165) is 18.8 Å². The van der Waals surface area contributed by atoms with Crippen molar-refractivity contribution in [3.05, 3.63) is 18.0 Å². The van der Waals surface area contributed by atoms with Gasteiger partial charge in [-0.25, -0.2) is 0 Å². The van der Waals surface area contributed by atoms with Gasteiger partial charge in [0.15, 0.2) is 0 Å². The molecule has 4 nitrogen and oxygen atoms in total. The second kappa shape index (κ2) is 5.14. The van der Waals surface area contributed by atoms with Crippen LogP contribution in [0.15, 0.2) is 17.3 Å². The predicted molar refractivity (Wildman–Crippen MR) is 65.4 cm³/mol. The lowest BCUT2D eigenvalue weighted by molar-refractivity contribution is 0.695. The number of hydrogen-bond acceptors (Lipinski definition) is 2. The molecule has 1 aromatic rings. The molecule has 0 aliphatic heterocycles. The molecule has 0 saturated heterocycles. The summed E-state index contributed by atoms with van der Waals surface area (Å²) in [6.07, 6.45) is 7.80. The Kier molecular flexibility index (Phi) is 3.59. The van der Waals surface area contributed by atoms with Gasteiger partial charge < -0.3 is 5.73 Å². The third kappa shape index (κ3) is 2.62. The summed E-state index contributed by atoms with van der Waals surface area (Å²) >= 11 is 0. The first kappa shape index (κ1) is 11.2. The standard InChI is InChI=1S/C12H20N4/c1-16-11(7-9-15-16)6-8-14-12(13)10-4-2-3-5-10/h7,9-10H,2-6,8H2,1H3,(H2,13,14).